The number of alkyl halides is 3. The highest BCUT2D eigenvalue weighted by molar-refractivity contribution is 5.80. The van der Waals surface area contributed by atoms with E-state index in [2.05, 4.69) is 25.7 Å². The molecule has 152 valence electrons. The number of nitrogens with one attached hydrogen (secondary N) is 3. The summed E-state index contributed by atoms with van der Waals surface area (Å²) in [5.41, 5.74) is 1.62. The van der Waals surface area contributed by atoms with Crippen LogP contribution >= 0.6 is 0 Å². The monoisotopic (exact) mass is 388 g/mol. The first-order chi connectivity index (χ1) is 12.7. The summed E-state index contributed by atoms with van der Waals surface area (Å²) in [6.07, 6.45) is -4.32. The summed E-state index contributed by atoms with van der Waals surface area (Å²) >= 11 is 0. The Bertz CT molecular complexity index is 602. The molecule has 3 N–H and O–H groups in total. The third-order valence-corrected chi connectivity index (χ3v) is 3.48. The molecular formula is C18H27F3N4O2. The van der Waals surface area contributed by atoms with E-state index in [4.69, 9.17) is 0 Å². The lowest BCUT2D eigenvalue weighted by atomic mass is 10.1. The molecule has 9 heteroatoms. The van der Waals surface area contributed by atoms with Crippen LogP contribution in [0.1, 0.15) is 25.0 Å². The third kappa shape index (κ3) is 10.4. The molecule has 0 saturated carbocycles. The molecule has 0 unspecified atom stereocenters. The fraction of sp³-hybridized carbons (Fsp3) is 0.556. The number of carbonyl (C=O) groups is 1. The second-order valence-corrected chi connectivity index (χ2v) is 6.22. The van der Waals surface area contributed by atoms with Crippen LogP contribution in [-0.4, -0.2) is 44.8 Å². The molecule has 0 aliphatic carbocycles. The van der Waals surface area contributed by atoms with Crippen LogP contribution < -0.4 is 16.0 Å². The maximum Gasteiger partial charge on any atom is 0.411 e. The van der Waals surface area contributed by atoms with Gasteiger partial charge in [0, 0.05) is 32.6 Å². The van der Waals surface area contributed by atoms with E-state index in [1.807, 2.05) is 26.0 Å². The van der Waals surface area contributed by atoms with Gasteiger partial charge in [0.05, 0.1) is 6.61 Å². The Morgan fingerprint density at radius 1 is 1.07 bits per heavy atom. The Balaban J connectivity index is 2.31. The van der Waals surface area contributed by atoms with Gasteiger partial charge >= 0.3 is 6.18 Å². The minimum atomic E-state index is -4.32. The van der Waals surface area contributed by atoms with Gasteiger partial charge < -0.3 is 20.7 Å². The van der Waals surface area contributed by atoms with Gasteiger partial charge in [0.2, 0.25) is 5.91 Å². The first-order valence-electron chi connectivity index (χ1n) is 8.66. The highest BCUT2D eigenvalue weighted by atomic mass is 19.4. The van der Waals surface area contributed by atoms with Crippen LogP contribution in [0.5, 0.6) is 0 Å². The summed E-state index contributed by atoms with van der Waals surface area (Å²) in [7, 11) is 1.64. The summed E-state index contributed by atoms with van der Waals surface area (Å²) in [5, 5.41) is 9.01. The molecule has 6 nitrogen and oxygen atoms in total. The zero-order valence-electron chi connectivity index (χ0n) is 15.8. The molecular weight excluding hydrogens is 361 g/mol. The highest BCUT2D eigenvalue weighted by Crippen LogP contribution is 2.15. The van der Waals surface area contributed by atoms with Crippen LogP contribution in [0.4, 0.5) is 13.2 Å². The van der Waals surface area contributed by atoms with Gasteiger partial charge in [-0.3, -0.25) is 9.79 Å². The van der Waals surface area contributed by atoms with Gasteiger partial charge in [-0.15, -0.1) is 0 Å². The molecule has 0 aliphatic heterocycles. The first kappa shape index (κ1) is 22.8. The van der Waals surface area contributed by atoms with Crippen LogP contribution in [0.2, 0.25) is 0 Å². The van der Waals surface area contributed by atoms with E-state index in [0.717, 1.165) is 5.56 Å². The van der Waals surface area contributed by atoms with E-state index < -0.39 is 12.8 Å². The van der Waals surface area contributed by atoms with Gasteiger partial charge in [-0.05, 0) is 11.1 Å². The molecule has 0 atom stereocenters. The Hall–Kier alpha value is -2.29. The molecule has 0 saturated heterocycles. The molecule has 1 aromatic carbocycles. The maximum absolute atomic E-state index is 12.0. The fourth-order valence-electron chi connectivity index (χ4n) is 2.02. The van der Waals surface area contributed by atoms with Gasteiger partial charge in [0.1, 0.15) is 6.61 Å². The van der Waals surface area contributed by atoms with Crippen molar-refractivity contribution in [2.24, 2.45) is 10.9 Å². The topological polar surface area (TPSA) is 74.8 Å². The number of hydrogen-bond acceptors (Lipinski definition) is 3. The number of aliphatic imine (C=N–C) groups is 1. The summed E-state index contributed by atoms with van der Waals surface area (Å²) in [6, 6.07) is 7.08. The van der Waals surface area contributed by atoms with Crippen LogP contribution in [0.3, 0.4) is 0 Å². The van der Waals surface area contributed by atoms with Gasteiger partial charge in [0.25, 0.3) is 0 Å². The van der Waals surface area contributed by atoms with Crippen LogP contribution in [-0.2, 0) is 22.7 Å². The Morgan fingerprint density at radius 3 is 2.22 bits per heavy atom. The minimum Gasteiger partial charge on any atom is -0.367 e. The quantitative estimate of drug-likeness (QED) is 0.344. The lowest BCUT2D eigenvalue weighted by Gasteiger charge is -2.13. The van der Waals surface area contributed by atoms with Gasteiger partial charge in [-0.25, -0.2) is 0 Å². The van der Waals surface area contributed by atoms with Crippen molar-refractivity contribution in [3.63, 3.8) is 0 Å². The number of hydrogen-bond donors (Lipinski definition) is 3. The van der Waals surface area contributed by atoms with Crippen molar-refractivity contribution in [3.05, 3.63) is 35.4 Å². The fourth-order valence-corrected chi connectivity index (χ4v) is 2.02. The minimum absolute atomic E-state index is 0.000880. The average Bonchev–Trinajstić information content (AvgIpc) is 2.61. The number of carbonyl (C=O) groups excluding carboxylic acids is 1. The van der Waals surface area contributed by atoms with Crippen LogP contribution in [0.15, 0.2) is 29.3 Å². The Labute approximate surface area is 157 Å². The van der Waals surface area contributed by atoms with E-state index in [9.17, 15) is 18.0 Å². The first-order valence-corrected chi connectivity index (χ1v) is 8.66. The van der Waals surface area contributed by atoms with Crippen molar-refractivity contribution in [2.75, 3.05) is 26.7 Å². The van der Waals surface area contributed by atoms with Crippen LogP contribution in [0, 0.1) is 5.92 Å². The van der Waals surface area contributed by atoms with Crippen molar-refractivity contribution in [3.8, 4) is 0 Å². The molecule has 0 spiro atoms. The second-order valence-electron chi connectivity index (χ2n) is 6.22. The predicted molar refractivity (Wildman–Crippen MR) is 98.2 cm³/mol. The van der Waals surface area contributed by atoms with Gasteiger partial charge in [-0.1, -0.05) is 38.1 Å². The summed E-state index contributed by atoms with van der Waals surface area (Å²) in [4.78, 5) is 15.6. The van der Waals surface area contributed by atoms with E-state index >= 15 is 0 Å². The van der Waals surface area contributed by atoms with Gasteiger partial charge in [-0.2, -0.15) is 13.2 Å². The smallest absolute Gasteiger partial charge is 0.367 e. The number of benzene rings is 1. The third-order valence-electron chi connectivity index (χ3n) is 3.48. The molecule has 1 rings (SSSR count). The number of ether oxygens (including phenoxy) is 1. The van der Waals surface area contributed by atoms with E-state index in [1.165, 1.54) is 0 Å². The largest absolute Gasteiger partial charge is 0.411 e. The molecule has 0 aromatic heterocycles. The highest BCUT2D eigenvalue weighted by Gasteiger charge is 2.27. The SMILES string of the molecule is CN=C(NCCNC(=O)C(C)C)NCc1ccc(COCC(F)(F)F)cc1. The molecule has 0 fully saturated rings. The number of rotatable bonds is 9. The van der Waals surface area contributed by atoms with Crippen molar-refractivity contribution in [2.45, 2.75) is 33.2 Å². The number of guanidine groups is 1. The van der Waals surface area contributed by atoms with Crippen molar-refractivity contribution < 1.29 is 22.7 Å². The number of halogens is 3. The normalized spacial score (nSPS) is 12.2. The molecule has 0 heterocycles. The lowest BCUT2D eigenvalue weighted by molar-refractivity contribution is -0.176. The Kier molecular flexibility index (Phi) is 9.63. The molecule has 0 bridgehead atoms. The second kappa shape index (κ2) is 11.4. The van der Waals surface area contributed by atoms with E-state index in [1.54, 1.807) is 19.2 Å². The summed E-state index contributed by atoms with van der Waals surface area (Å²) in [5.74, 6) is 0.537. The molecule has 27 heavy (non-hydrogen) atoms. The molecule has 1 amide bonds. The van der Waals surface area contributed by atoms with E-state index in [0.29, 0.717) is 31.2 Å². The number of amides is 1. The zero-order chi connectivity index (χ0) is 20.3. The summed E-state index contributed by atoms with van der Waals surface area (Å²) in [6.45, 7) is 3.85. The lowest BCUT2D eigenvalue weighted by Crippen LogP contribution is -2.41. The number of nitrogens with zero attached hydrogens (tertiary/aromatic N) is 1. The van der Waals surface area contributed by atoms with Crippen molar-refractivity contribution in [1.82, 2.24) is 16.0 Å². The van der Waals surface area contributed by atoms with Crippen LogP contribution in [0.25, 0.3) is 0 Å². The van der Waals surface area contributed by atoms with Gasteiger partial charge in [0.15, 0.2) is 5.96 Å². The molecule has 1 aromatic rings. The van der Waals surface area contributed by atoms with Crippen molar-refractivity contribution in [1.29, 1.82) is 0 Å². The zero-order valence-corrected chi connectivity index (χ0v) is 15.8. The molecule has 0 radical (unpaired) electrons. The standard InChI is InChI=1S/C18H27F3N4O2/c1-13(2)16(26)23-8-9-24-17(22-3)25-10-14-4-6-15(7-5-14)11-27-12-18(19,20)21/h4-7,13H,8-12H2,1-3H3,(H,23,26)(H2,22,24,25). The summed E-state index contributed by atoms with van der Waals surface area (Å²) < 4.78 is 40.8. The average molecular weight is 388 g/mol. The Morgan fingerprint density at radius 2 is 1.67 bits per heavy atom. The predicted octanol–water partition coefficient (Wildman–Crippen LogP) is 2.20. The molecule has 0 aliphatic rings. The van der Waals surface area contributed by atoms with E-state index in [-0.39, 0.29) is 18.4 Å². The maximum atomic E-state index is 12.0. The van der Waals surface area contributed by atoms with Crippen molar-refractivity contribution >= 4 is 11.9 Å².